The molecule has 0 aliphatic heterocycles. The van der Waals surface area contributed by atoms with Gasteiger partial charge in [-0.2, -0.15) is 0 Å². The minimum Gasteiger partial charge on any atom is -0.478 e. The Morgan fingerprint density at radius 3 is 1.35 bits per heavy atom. The first-order chi connectivity index (χ1) is 12.4. The standard InChI is InChI=1S/C24H46O2/c1-5-6-7-8-9-10-11-12-13-14-15-16-17-18-19-20-21-22(23(25)26)24(2,3)4/h21H,5-20H2,1-4H3,(H,25,26). The summed E-state index contributed by atoms with van der Waals surface area (Å²) in [4.78, 5) is 11.3. The minimum atomic E-state index is -0.765. The van der Waals surface area contributed by atoms with E-state index in [-0.39, 0.29) is 5.41 Å². The van der Waals surface area contributed by atoms with E-state index in [1.54, 1.807) is 0 Å². The topological polar surface area (TPSA) is 37.3 Å². The molecule has 0 saturated heterocycles. The summed E-state index contributed by atoms with van der Waals surface area (Å²) in [6, 6.07) is 0. The largest absolute Gasteiger partial charge is 0.478 e. The van der Waals surface area contributed by atoms with Crippen LogP contribution in [0.15, 0.2) is 11.6 Å². The van der Waals surface area contributed by atoms with Crippen LogP contribution in [0.2, 0.25) is 0 Å². The van der Waals surface area contributed by atoms with Crippen molar-refractivity contribution in [3.8, 4) is 0 Å². The van der Waals surface area contributed by atoms with E-state index in [1.165, 1.54) is 89.9 Å². The lowest BCUT2D eigenvalue weighted by Gasteiger charge is -2.19. The summed E-state index contributed by atoms with van der Waals surface area (Å²) in [6.45, 7) is 8.19. The Kier molecular flexibility index (Phi) is 15.9. The molecule has 2 nitrogen and oxygen atoms in total. The van der Waals surface area contributed by atoms with E-state index in [2.05, 4.69) is 6.92 Å². The van der Waals surface area contributed by atoms with Crippen LogP contribution in [0.5, 0.6) is 0 Å². The van der Waals surface area contributed by atoms with E-state index >= 15 is 0 Å². The van der Waals surface area contributed by atoms with Gasteiger partial charge in [-0.3, -0.25) is 0 Å². The maximum absolute atomic E-state index is 11.3. The molecule has 0 aliphatic rings. The molecule has 0 heterocycles. The molecule has 0 aromatic heterocycles. The van der Waals surface area contributed by atoms with Crippen LogP contribution >= 0.6 is 0 Å². The number of hydrogen-bond acceptors (Lipinski definition) is 1. The molecule has 0 atom stereocenters. The molecule has 1 N–H and O–H groups in total. The first-order valence-corrected chi connectivity index (χ1v) is 11.3. The van der Waals surface area contributed by atoms with Gasteiger partial charge in [0.2, 0.25) is 0 Å². The van der Waals surface area contributed by atoms with Crippen molar-refractivity contribution in [2.24, 2.45) is 5.41 Å². The first-order valence-electron chi connectivity index (χ1n) is 11.3. The second kappa shape index (κ2) is 16.4. The molecule has 154 valence electrons. The summed E-state index contributed by atoms with van der Waals surface area (Å²) in [7, 11) is 0. The Bertz CT molecular complexity index is 363. The van der Waals surface area contributed by atoms with Crippen molar-refractivity contribution >= 4 is 5.97 Å². The number of allylic oxidation sites excluding steroid dienone is 1. The van der Waals surface area contributed by atoms with Crippen LogP contribution in [0.3, 0.4) is 0 Å². The van der Waals surface area contributed by atoms with Gasteiger partial charge in [0.05, 0.1) is 0 Å². The summed E-state index contributed by atoms with van der Waals surface area (Å²) in [6.07, 6.45) is 23.3. The van der Waals surface area contributed by atoms with Gasteiger partial charge in [-0.15, -0.1) is 0 Å². The van der Waals surface area contributed by atoms with Gasteiger partial charge >= 0.3 is 5.97 Å². The van der Waals surface area contributed by atoms with Gasteiger partial charge in [0.1, 0.15) is 0 Å². The van der Waals surface area contributed by atoms with E-state index < -0.39 is 5.97 Å². The number of unbranched alkanes of at least 4 members (excludes halogenated alkanes) is 15. The monoisotopic (exact) mass is 366 g/mol. The lowest BCUT2D eigenvalue weighted by molar-refractivity contribution is -0.133. The van der Waals surface area contributed by atoms with Crippen LogP contribution in [0.25, 0.3) is 0 Å². The average molecular weight is 367 g/mol. The third-order valence-electron chi connectivity index (χ3n) is 5.19. The molecule has 2 heteroatoms. The lowest BCUT2D eigenvalue weighted by atomic mass is 9.85. The molecular weight excluding hydrogens is 320 g/mol. The van der Waals surface area contributed by atoms with Crippen molar-refractivity contribution in [1.29, 1.82) is 0 Å². The van der Waals surface area contributed by atoms with Crippen molar-refractivity contribution in [3.63, 3.8) is 0 Å². The van der Waals surface area contributed by atoms with Gasteiger partial charge in [0.15, 0.2) is 0 Å². The molecule has 0 fully saturated rings. The van der Waals surface area contributed by atoms with Crippen molar-refractivity contribution in [2.75, 3.05) is 0 Å². The number of rotatable bonds is 17. The summed E-state index contributed by atoms with van der Waals surface area (Å²) in [5, 5.41) is 9.27. The predicted octanol–water partition coefficient (Wildman–Crippen LogP) is 8.31. The number of carboxylic acids is 1. The third kappa shape index (κ3) is 15.5. The zero-order chi connectivity index (χ0) is 19.7. The molecule has 0 radical (unpaired) electrons. The summed E-state index contributed by atoms with van der Waals surface area (Å²) in [5.74, 6) is -0.765. The molecule has 0 aromatic rings. The van der Waals surface area contributed by atoms with Gasteiger partial charge in [0.25, 0.3) is 0 Å². The Morgan fingerprint density at radius 1 is 0.692 bits per heavy atom. The highest BCUT2D eigenvalue weighted by molar-refractivity contribution is 5.87. The van der Waals surface area contributed by atoms with Gasteiger partial charge in [-0.05, 0) is 18.3 Å². The molecule has 0 spiro atoms. The molecule has 0 unspecified atom stereocenters. The van der Waals surface area contributed by atoms with E-state index in [0.717, 1.165) is 12.8 Å². The van der Waals surface area contributed by atoms with E-state index in [0.29, 0.717) is 5.57 Å². The predicted molar refractivity (Wildman–Crippen MR) is 115 cm³/mol. The van der Waals surface area contributed by atoms with Crippen LogP contribution in [-0.4, -0.2) is 11.1 Å². The molecule has 0 amide bonds. The maximum Gasteiger partial charge on any atom is 0.331 e. The van der Waals surface area contributed by atoms with Crippen molar-refractivity contribution in [3.05, 3.63) is 11.6 Å². The molecule has 26 heavy (non-hydrogen) atoms. The highest BCUT2D eigenvalue weighted by Gasteiger charge is 2.22. The zero-order valence-electron chi connectivity index (χ0n) is 18.2. The van der Waals surface area contributed by atoms with Crippen LogP contribution in [-0.2, 0) is 4.79 Å². The summed E-state index contributed by atoms with van der Waals surface area (Å²) >= 11 is 0. The molecule has 0 aliphatic carbocycles. The number of hydrogen-bond donors (Lipinski definition) is 1. The molecule has 0 rings (SSSR count). The van der Waals surface area contributed by atoms with E-state index in [1.807, 2.05) is 26.8 Å². The quantitative estimate of drug-likeness (QED) is 0.207. The fourth-order valence-corrected chi connectivity index (χ4v) is 3.48. The second-order valence-electron chi connectivity index (χ2n) is 8.91. The van der Waals surface area contributed by atoms with Gasteiger partial charge in [-0.1, -0.05) is 124 Å². The minimum absolute atomic E-state index is 0.263. The number of aliphatic carboxylic acids is 1. The van der Waals surface area contributed by atoms with Crippen molar-refractivity contribution in [1.82, 2.24) is 0 Å². The Morgan fingerprint density at radius 2 is 1.04 bits per heavy atom. The molecular formula is C24H46O2. The van der Waals surface area contributed by atoms with E-state index in [4.69, 9.17) is 0 Å². The summed E-state index contributed by atoms with van der Waals surface area (Å²) < 4.78 is 0. The molecule has 0 aromatic carbocycles. The third-order valence-corrected chi connectivity index (χ3v) is 5.19. The Balaban J connectivity index is 3.40. The van der Waals surface area contributed by atoms with Crippen LogP contribution in [0.4, 0.5) is 0 Å². The Hall–Kier alpha value is -0.790. The van der Waals surface area contributed by atoms with Gasteiger partial charge < -0.3 is 5.11 Å². The fraction of sp³-hybridized carbons (Fsp3) is 0.875. The zero-order valence-corrected chi connectivity index (χ0v) is 18.2. The van der Waals surface area contributed by atoms with E-state index in [9.17, 15) is 9.90 Å². The van der Waals surface area contributed by atoms with Crippen molar-refractivity contribution < 1.29 is 9.90 Å². The SMILES string of the molecule is CCCCCCCCCCCCCCCCCC=C(C(=O)O)C(C)(C)C. The van der Waals surface area contributed by atoms with Crippen molar-refractivity contribution in [2.45, 2.75) is 130 Å². The molecule has 0 bridgehead atoms. The van der Waals surface area contributed by atoms with Gasteiger partial charge in [-0.25, -0.2) is 4.79 Å². The molecule has 0 saturated carbocycles. The average Bonchev–Trinajstić information content (AvgIpc) is 2.56. The Labute approximate surface area is 163 Å². The summed E-state index contributed by atoms with van der Waals surface area (Å²) in [5.41, 5.74) is 0.296. The second-order valence-corrected chi connectivity index (χ2v) is 8.91. The highest BCUT2D eigenvalue weighted by Crippen LogP contribution is 2.26. The van der Waals surface area contributed by atoms with Crippen LogP contribution < -0.4 is 0 Å². The normalized spacial score (nSPS) is 12.5. The highest BCUT2D eigenvalue weighted by atomic mass is 16.4. The first kappa shape index (κ1) is 25.2. The maximum atomic E-state index is 11.3. The van der Waals surface area contributed by atoms with Gasteiger partial charge in [0, 0.05) is 5.57 Å². The lowest BCUT2D eigenvalue weighted by Crippen LogP contribution is -2.17. The number of carbonyl (C=O) groups is 1. The van der Waals surface area contributed by atoms with Crippen LogP contribution in [0, 0.1) is 5.41 Å². The van der Waals surface area contributed by atoms with Crippen LogP contribution in [0.1, 0.15) is 130 Å². The smallest absolute Gasteiger partial charge is 0.331 e. The number of carboxylic acid groups (broad SMARTS) is 1. The fourth-order valence-electron chi connectivity index (χ4n) is 3.48.